The van der Waals surface area contributed by atoms with Crippen molar-refractivity contribution in [2.24, 2.45) is 5.41 Å². The van der Waals surface area contributed by atoms with Crippen molar-refractivity contribution in [1.82, 2.24) is 4.90 Å². The molecule has 5 heteroatoms. The van der Waals surface area contributed by atoms with E-state index in [0.29, 0.717) is 19.6 Å². The third kappa shape index (κ3) is 2.46. The molecule has 0 aromatic carbocycles. The summed E-state index contributed by atoms with van der Waals surface area (Å²) in [6, 6.07) is 0. The van der Waals surface area contributed by atoms with Gasteiger partial charge in [-0.3, -0.25) is 4.90 Å². The zero-order chi connectivity index (χ0) is 12.6. The van der Waals surface area contributed by atoms with Crippen molar-refractivity contribution < 1.29 is 19.4 Å². The molecular weight excluding hydrogens is 210 g/mol. The van der Waals surface area contributed by atoms with Crippen LogP contribution in [0.25, 0.3) is 0 Å². The molecule has 1 unspecified atom stereocenters. The van der Waals surface area contributed by atoms with Crippen molar-refractivity contribution in [3.8, 4) is 0 Å². The van der Waals surface area contributed by atoms with Crippen LogP contribution in [0.5, 0.6) is 0 Å². The van der Waals surface area contributed by atoms with E-state index in [-0.39, 0.29) is 5.41 Å². The molecule has 1 saturated heterocycles. The zero-order valence-electron chi connectivity index (χ0n) is 10.2. The summed E-state index contributed by atoms with van der Waals surface area (Å²) in [4.78, 5) is 23.7. The third-order valence-corrected chi connectivity index (χ3v) is 2.72. The van der Waals surface area contributed by atoms with E-state index in [0.717, 1.165) is 4.90 Å². The summed E-state index contributed by atoms with van der Waals surface area (Å²) in [6.45, 7) is 8.18. The van der Waals surface area contributed by atoms with E-state index in [1.54, 1.807) is 6.92 Å². The van der Waals surface area contributed by atoms with E-state index in [2.05, 4.69) is 0 Å². The molecule has 0 aliphatic carbocycles. The molecule has 0 saturated carbocycles. The number of likely N-dealkylation sites (tertiary alicyclic amines) is 1. The Kier molecular flexibility index (Phi) is 3.17. The molecule has 0 aromatic heterocycles. The van der Waals surface area contributed by atoms with E-state index in [4.69, 9.17) is 9.84 Å². The van der Waals surface area contributed by atoms with Crippen LogP contribution in [0.4, 0.5) is 4.79 Å². The monoisotopic (exact) mass is 229 g/mol. The summed E-state index contributed by atoms with van der Waals surface area (Å²) in [5.41, 5.74) is -1.10. The van der Waals surface area contributed by atoms with Crippen molar-refractivity contribution >= 4 is 12.1 Å². The standard InChI is InChI=1S/C11H19NO4/c1-10(2,3)7-16-8(13)11(4)5-6-12(11)9(14)15/h5-7H2,1-4H3,(H,14,15). The minimum Gasteiger partial charge on any atom is -0.465 e. The number of carbonyl (C=O) groups is 2. The Morgan fingerprint density at radius 1 is 1.44 bits per heavy atom. The molecule has 1 aliphatic heterocycles. The van der Waals surface area contributed by atoms with Gasteiger partial charge in [-0.25, -0.2) is 9.59 Å². The van der Waals surface area contributed by atoms with Gasteiger partial charge >= 0.3 is 12.1 Å². The molecule has 1 heterocycles. The number of amides is 1. The zero-order valence-corrected chi connectivity index (χ0v) is 10.2. The van der Waals surface area contributed by atoms with Gasteiger partial charge in [-0.2, -0.15) is 0 Å². The maximum Gasteiger partial charge on any atom is 0.408 e. The molecule has 1 fully saturated rings. The highest BCUT2D eigenvalue weighted by Gasteiger charge is 2.51. The van der Waals surface area contributed by atoms with Gasteiger partial charge < -0.3 is 9.84 Å². The van der Waals surface area contributed by atoms with E-state index >= 15 is 0 Å². The van der Waals surface area contributed by atoms with E-state index in [1.807, 2.05) is 20.8 Å². The first-order chi connectivity index (χ1) is 7.17. The van der Waals surface area contributed by atoms with Crippen molar-refractivity contribution in [3.63, 3.8) is 0 Å². The number of nitrogens with zero attached hydrogens (tertiary/aromatic N) is 1. The maximum absolute atomic E-state index is 11.8. The number of rotatable bonds is 2. The Bertz CT molecular complexity index is 308. The topological polar surface area (TPSA) is 66.8 Å². The molecule has 5 nitrogen and oxygen atoms in total. The van der Waals surface area contributed by atoms with Crippen molar-refractivity contribution in [1.29, 1.82) is 0 Å². The first kappa shape index (κ1) is 12.8. The van der Waals surface area contributed by atoms with Crippen LogP contribution in [0, 0.1) is 5.41 Å². The van der Waals surface area contributed by atoms with Crippen molar-refractivity contribution in [3.05, 3.63) is 0 Å². The summed E-state index contributed by atoms with van der Waals surface area (Å²) >= 11 is 0. The normalized spacial score (nSPS) is 24.9. The molecule has 92 valence electrons. The summed E-state index contributed by atoms with van der Waals surface area (Å²) < 4.78 is 5.15. The smallest absolute Gasteiger partial charge is 0.408 e. The molecule has 0 bridgehead atoms. The lowest BCUT2D eigenvalue weighted by Crippen LogP contribution is -2.65. The molecular formula is C11H19NO4. The van der Waals surface area contributed by atoms with Gasteiger partial charge in [-0.1, -0.05) is 20.8 Å². The molecule has 0 radical (unpaired) electrons. The predicted molar refractivity (Wildman–Crippen MR) is 58.2 cm³/mol. The fraction of sp³-hybridized carbons (Fsp3) is 0.818. The number of esters is 1. The molecule has 1 N–H and O–H groups in total. The third-order valence-electron chi connectivity index (χ3n) is 2.72. The van der Waals surface area contributed by atoms with E-state index in [1.165, 1.54) is 0 Å². The minimum atomic E-state index is -1.07. The van der Waals surface area contributed by atoms with Crippen LogP contribution in [0.15, 0.2) is 0 Å². The molecule has 0 aromatic rings. The number of carbonyl (C=O) groups excluding carboxylic acids is 1. The average molecular weight is 229 g/mol. The molecule has 1 atom stereocenters. The first-order valence-corrected chi connectivity index (χ1v) is 5.35. The Morgan fingerprint density at radius 2 is 2.00 bits per heavy atom. The number of hydrogen-bond acceptors (Lipinski definition) is 3. The van der Waals surface area contributed by atoms with Gasteiger partial charge in [0, 0.05) is 6.54 Å². The average Bonchev–Trinajstić information content (AvgIpc) is 2.08. The first-order valence-electron chi connectivity index (χ1n) is 5.35. The van der Waals surface area contributed by atoms with Crippen LogP contribution in [-0.4, -0.2) is 40.8 Å². The number of ether oxygens (including phenoxy) is 1. The minimum absolute atomic E-state index is 0.107. The van der Waals surface area contributed by atoms with E-state index in [9.17, 15) is 9.59 Å². The Balaban J connectivity index is 2.57. The summed E-state index contributed by atoms with van der Waals surface area (Å²) in [6.07, 6.45) is -0.538. The molecule has 1 amide bonds. The lowest BCUT2D eigenvalue weighted by atomic mass is 9.87. The van der Waals surface area contributed by atoms with Crippen LogP contribution in [0.2, 0.25) is 0 Å². The lowest BCUT2D eigenvalue weighted by molar-refractivity contribution is -0.166. The van der Waals surface area contributed by atoms with Crippen LogP contribution >= 0.6 is 0 Å². The van der Waals surface area contributed by atoms with Gasteiger partial charge in [0.15, 0.2) is 0 Å². The van der Waals surface area contributed by atoms with Gasteiger partial charge in [-0.15, -0.1) is 0 Å². The second-order valence-electron chi connectivity index (χ2n) is 5.59. The van der Waals surface area contributed by atoms with Gasteiger partial charge in [0.25, 0.3) is 0 Å². The Hall–Kier alpha value is -1.26. The van der Waals surface area contributed by atoms with E-state index < -0.39 is 17.6 Å². The largest absolute Gasteiger partial charge is 0.465 e. The van der Waals surface area contributed by atoms with Crippen LogP contribution < -0.4 is 0 Å². The fourth-order valence-corrected chi connectivity index (χ4v) is 1.52. The molecule has 16 heavy (non-hydrogen) atoms. The summed E-state index contributed by atoms with van der Waals surface area (Å²) in [5.74, 6) is -0.448. The number of carboxylic acid groups (broad SMARTS) is 1. The second-order valence-corrected chi connectivity index (χ2v) is 5.59. The maximum atomic E-state index is 11.8. The van der Waals surface area contributed by atoms with Crippen molar-refractivity contribution in [2.45, 2.75) is 39.7 Å². The van der Waals surface area contributed by atoms with Gasteiger partial charge in [0.1, 0.15) is 5.54 Å². The highest BCUT2D eigenvalue weighted by atomic mass is 16.5. The van der Waals surface area contributed by atoms with Crippen LogP contribution in [0.1, 0.15) is 34.1 Å². The van der Waals surface area contributed by atoms with Crippen LogP contribution in [0.3, 0.4) is 0 Å². The SMILES string of the molecule is CC(C)(C)COC(=O)C1(C)CCN1C(=O)O. The highest BCUT2D eigenvalue weighted by molar-refractivity contribution is 5.86. The molecule has 1 rings (SSSR count). The van der Waals surface area contributed by atoms with Gasteiger partial charge in [0.2, 0.25) is 0 Å². The molecule has 1 aliphatic rings. The fourth-order valence-electron chi connectivity index (χ4n) is 1.52. The quantitative estimate of drug-likeness (QED) is 0.732. The summed E-state index contributed by atoms with van der Waals surface area (Å²) in [5, 5.41) is 8.86. The Labute approximate surface area is 95.4 Å². The predicted octanol–water partition coefficient (Wildman–Crippen LogP) is 1.72. The Morgan fingerprint density at radius 3 is 2.31 bits per heavy atom. The molecule has 0 spiro atoms. The van der Waals surface area contributed by atoms with Crippen LogP contribution in [-0.2, 0) is 9.53 Å². The van der Waals surface area contributed by atoms with Gasteiger partial charge in [0.05, 0.1) is 6.61 Å². The second kappa shape index (κ2) is 3.96. The van der Waals surface area contributed by atoms with Gasteiger partial charge in [-0.05, 0) is 18.8 Å². The highest BCUT2D eigenvalue weighted by Crippen LogP contribution is 2.32. The lowest BCUT2D eigenvalue weighted by Gasteiger charge is -2.46. The van der Waals surface area contributed by atoms with Crippen molar-refractivity contribution in [2.75, 3.05) is 13.2 Å². The number of hydrogen-bond donors (Lipinski definition) is 1. The summed E-state index contributed by atoms with van der Waals surface area (Å²) in [7, 11) is 0.